The first kappa shape index (κ1) is 29.3. The highest BCUT2D eigenvalue weighted by molar-refractivity contribution is 6.04. The zero-order valence-electron chi connectivity index (χ0n) is 23.9. The zero-order valence-corrected chi connectivity index (χ0v) is 23.9. The van der Waals surface area contributed by atoms with Crippen LogP contribution in [-0.4, -0.2) is 37.2 Å². The molecule has 3 aromatic heterocycles. The third-order valence-corrected chi connectivity index (χ3v) is 8.21. The van der Waals surface area contributed by atoms with Crippen LogP contribution in [0.25, 0.3) is 22.9 Å². The lowest BCUT2D eigenvalue weighted by atomic mass is 9.85. The van der Waals surface area contributed by atoms with Crippen molar-refractivity contribution in [1.29, 1.82) is 0 Å². The van der Waals surface area contributed by atoms with Crippen molar-refractivity contribution < 1.29 is 22.8 Å². The van der Waals surface area contributed by atoms with Crippen LogP contribution in [0.15, 0.2) is 54.9 Å². The predicted octanol–water partition coefficient (Wildman–Crippen LogP) is 6.37. The van der Waals surface area contributed by atoms with Crippen LogP contribution in [0.4, 0.5) is 24.8 Å². The van der Waals surface area contributed by atoms with E-state index in [0.29, 0.717) is 29.0 Å². The van der Waals surface area contributed by atoms with E-state index in [2.05, 4.69) is 31.1 Å². The Bertz CT molecular complexity index is 1730. The summed E-state index contributed by atoms with van der Waals surface area (Å²) in [4.78, 5) is 38.8. The molecule has 44 heavy (non-hydrogen) atoms. The van der Waals surface area contributed by atoms with Crippen LogP contribution >= 0.6 is 0 Å². The Morgan fingerprint density at radius 2 is 1.89 bits per heavy atom. The number of carbonyl (C=O) groups is 2. The van der Waals surface area contributed by atoms with Crippen molar-refractivity contribution in [1.82, 2.24) is 24.7 Å². The third kappa shape index (κ3) is 6.15. The maximum absolute atomic E-state index is 13.1. The summed E-state index contributed by atoms with van der Waals surface area (Å²) in [7, 11) is 0. The Morgan fingerprint density at radius 3 is 2.68 bits per heavy atom. The molecule has 0 spiro atoms. The van der Waals surface area contributed by atoms with Crippen LogP contribution in [0.2, 0.25) is 0 Å². The maximum Gasteiger partial charge on any atom is 0.416 e. The summed E-state index contributed by atoms with van der Waals surface area (Å²) in [6.45, 7) is 0. The van der Waals surface area contributed by atoms with Crippen molar-refractivity contribution in [3.05, 3.63) is 77.5 Å². The van der Waals surface area contributed by atoms with Crippen molar-refractivity contribution in [3.63, 3.8) is 0 Å². The van der Waals surface area contributed by atoms with E-state index in [0.717, 1.165) is 74.8 Å². The number of nitrogens with two attached hydrogens (primary N) is 1. The molecule has 228 valence electrons. The first-order valence-corrected chi connectivity index (χ1v) is 14.7. The molecule has 4 heterocycles. The molecule has 1 saturated carbocycles. The number of halogens is 3. The SMILES string of the molecule is Nc1ncc2n3c(nc(-c4ccc(C(=O)Nc5cc(C(F)(F)F)ccn5)cc4)c13)[C@@H]1CCC[C@H](C1)NC(=O)CCCC/C=C/2. The largest absolute Gasteiger partial charge is 0.416 e. The predicted molar refractivity (Wildman–Crippen MR) is 161 cm³/mol. The standard InChI is InChI=1S/C32H32F3N7O2/c33-32(34,35)22-14-15-37-25(17-22)40-31(44)20-12-10-19(11-13-20)27-28-29(36)38-18-24-8-3-1-2-4-9-26(43)39-23-7-5-6-21(16-23)30(41-27)42(24)28/h3,8,10-15,17-18,21,23H,1-2,4-7,9,16H2,(H2,36,38)(H,39,43)(H,37,40,44)/b8-3+/t21-,23-/m1/s1. The molecule has 2 atom stereocenters. The second-order valence-corrected chi connectivity index (χ2v) is 11.3. The summed E-state index contributed by atoms with van der Waals surface area (Å²) < 4.78 is 41.3. The zero-order chi connectivity index (χ0) is 30.8. The van der Waals surface area contributed by atoms with Gasteiger partial charge in [0.25, 0.3) is 5.91 Å². The lowest BCUT2D eigenvalue weighted by Gasteiger charge is -2.29. The second kappa shape index (κ2) is 12.1. The number of aromatic nitrogens is 4. The summed E-state index contributed by atoms with van der Waals surface area (Å²) in [5.74, 6) is 0.535. The first-order chi connectivity index (χ1) is 21.2. The van der Waals surface area contributed by atoms with Crippen molar-refractivity contribution in [2.75, 3.05) is 11.1 Å². The number of pyridine rings is 1. The molecule has 1 aromatic carbocycles. The fourth-order valence-electron chi connectivity index (χ4n) is 6.03. The Labute approximate surface area is 251 Å². The van der Waals surface area contributed by atoms with E-state index < -0.39 is 17.6 Å². The molecule has 2 amide bonds. The topological polar surface area (TPSA) is 127 Å². The molecule has 1 aliphatic carbocycles. The summed E-state index contributed by atoms with van der Waals surface area (Å²) >= 11 is 0. The molecule has 6 rings (SSSR count). The normalized spacial score (nSPS) is 20.0. The molecule has 12 heteroatoms. The highest BCUT2D eigenvalue weighted by Crippen LogP contribution is 2.38. The highest BCUT2D eigenvalue weighted by atomic mass is 19.4. The van der Waals surface area contributed by atoms with Gasteiger partial charge in [-0.15, -0.1) is 0 Å². The summed E-state index contributed by atoms with van der Waals surface area (Å²) in [6.07, 6.45) is 8.92. The Hall–Kier alpha value is -4.74. The van der Waals surface area contributed by atoms with Gasteiger partial charge in [0.1, 0.15) is 28.7 Å². The van der Waals surface area contributed by atoms with E-state index in [1.54, 1.807) is 30.5 Å². The Morgan fingerprint density at radius 1 is 1.07 bits per heavy atom. The highest BCUT2D eigenvalue weighted by Gasteiger charge is 2.32. The minimum atomic E-state index is -4.55. The van der Waals surface area contributed by atoms with E-state index in [1.807, 2.05) is 6.08 Å². The lowest BCUT2D eigenvalue weighted by Crippen LogP contribution is -2.38. The van der Waals surface area contributed by atoms with Gasteiger partial charge in [-0.25, -0.2) is 15.0 Å². The number of carbonyl (C=O) groups excluding carboxylic acids is 2. The Balaban J connectivity index is 1.35. The number of hydrogen-bond donors (Lipinski definition) is 3. The molecule has 4 aromatic rings. The van der Waals surface area contributed by atoms with Crippen molar-refractivity contribution >= 4 is 35.0 Å². The lowest BCUT2D eigenvalue weighted by molar-refractivity contribution is -0.137. The van der Waals surface area contributed by atoms with Crippen LogP contribution in [0.1, 0.15) is 84.7 Å². The number of anilines is 2. The van der Waals surface area contributed by atoms with E-state index in [4.69, 9.17) is 10.7 Å². The number of hydrogen-bond acceptors (Lipinski definition) is 6. The molecule has 0 saturated heterocycles. The van der Waals surface area contributed by atoms with Crippen molar-refractivity contribution in [3.8, 4) is 11.3 Å². The van der Waals surface area contributed by atoms with E-state index in [9.17, 15) is 22.8 Å². The van der Waals surface area contributed by atoms with Crippen LogP contribution in [0, 0.1) is 0 Å². The van der Waals surface area contributed by atoms with E-state index in [1.165, 1.54) is 0 Å². The molecule has 0 radical (unpaired) electrons. The second-order valence-electron chi connectivity index (χ2n) is 11.3. The van der Waals surface area contributed by atoms with Gasteiger partial charge in [-0.1, -0.05) is 24.6 Å². The summed E-state index contributed by atoms with van der Waals surface area (Å²) in [6, 6.07) is 8.33. The van der Waals surface area contributed by atoms with Gasteiger partial charge >= 0.3 is 6.18 Å². The van der Waals surface area contributed by atoms with Crippen LogP contribution in [0.5, 0.6) is 0 Å². The molecule has 1 aliphatic heterocycles. The number of benzene rings is 1. The fraction of sp³-hybridized carbons (Fsp3) is 0.344. The quantitative estimate of drug-likeness (QED) is 0.250. The van der Waals surface area contributed by atoms with Gasteiger partial charge in [0.2, 0.25) is 5.91 Å². The van der Waals surface area contributed by atoms with Crippen molar-refractivity contribution in [2.24, 2.45) is 0 Å². The van der Waals surface area contributed by atoms with Gasteiger partial charge in [-0.05, 0) is 68.9 Å². The number of nitrogen functional groups attached to an aromatic ring is 1. The molecule has 4 N–H and O–H groups in total. The smallest absolute Gasteiger partial charge is 0.382 e. The number of rotatable bonds is 3. The molecule has 2 aliphatic rings. The van der Waals surface area contributed by atoms with Gasteiger partial charge in [0.05, 0.1) is 17.5 Å². The molecular formula is C32H32F3N7O2. The molecule has 2 bridgehead atoms. The third-order valence-electron chi connectivity index (χ3n) is 8.21. The first-order valence-electron chi connectivity index (χ1n) is 14.7. The van der Waals surface area contributed by atoms with Crippen LogP contribution in [0.3, 0.4) is 0 Å². The van der Waals surface area contributed by atoms with E-state index >= 15 is 0 Å². The minimum absolute atomic E-state index is 0.0716. The number of amides is 2. The number of fused-ring (bicyclic) bond motifs is 3. The average Bonchev–Trinajstić information content (AvgIpc) is 3.41. The van der Waals surface area contributed by atoms with Crippen molar-refractivity contribution in [2.45, 2.75) is 69.5 Å². The monoisotopic (exact) mass is 603 g/mol. The number of allylic oxidation sites excluding steroid dienone is 1. The number of nitrogens with zero attached hydrogens (tertiary/aromatic N) is 4. The number of alkyl halides is 3. The van der Waals surface area contributed by atoms with Crippen LogP contribution in [-0.2, 0) is 11.0 Å². The fourth-order valence-corrected chi connectivity index (χ4v) is 6.03. The molecule has 0 unspecified atom stereocenters. The van der Waals surface area contributed by atoms with Gasteiger partial charge in [-0.3, -0.25) is 14.0 Å². The maximum atomic E-state index is 13.1. The molecule has 1 fully saturated rings. The van der Waals surface area contributed by atoms with Gasteiger partial charge < -0.3 is 16.4 Å². The number of nitrogens with one attached hydrogen (secondary N) is 2. The van der Waals surface area contributed by atoms with Gasteiger partial charge in [0, 0.05) is 35.7 Å². The molecule has 9 nitrogen and oxygen atoms in total. The summed E-state index contributed by atoms with van der Waals surface area (Å²) in [5, 5.41) is 5.66. The average molecular weight is 604 g/mol. The van der Waals surface area contributed by atoms with Gasteiger partial charge in [-0.2, -0.15) is 13.2 Å². The molecular weight excluding hydrogens is 571 g/mol. The number of imidazole rings is 1. The van der Waals surface area contributed by atoms with Crippen LogP contribution < -0.4 is 16.4 Å². The Kier molecular flexibility index (Phi) is 8.07. The van der Waals surface area contributed by atoms with Gasteiger partial charge in [0.15, 0.2) is 0 Å². The minimum Gasteiger partial charge on any atom is -0.382 e. The summed E-state index contributed by atoms with van der Waals surface area (Å²) in [5.41, 5.74) is 8.64. The van der Waals surface area contributed by atoms with E-state index in [-0.39, 0.29) is 29.2 Å².